The van der Waals surface area contributed by atoms with Gasteiger partial charge in [0.2, 0.25) is 11.8 Å². The highest BCUT2D eigenvalue weighted by molar-refractivity contribution is 8.01. The number of hydrogen-bond donors (Lipinski definition) is 2. The fraction of sp³-hybridized carbons (Fsp3) is 0.400. The largest absolute Gasteiger partial charge is 0.481 e. The Labute approximate surface area is 144 Å². The topological polar surface area (TPSA) is 86.7 Å². The lowest BCUT2D eigenvalue weighted by molar-refractivity contribution is -0.141. The maximum absolute atomic E-state index is 12.3. The van der Waals surface area contributed by atoms with E-state index in [0.29, 0.717) is 13.0 Å². The number of nitrogens with zero attached hydrogens (tertiary/aromatic N) is 1. The molecule has 2 N–H and O–H groups in total. The molecule has 0 aliphatic carbocycles. The van der Waals surface area contributed by atoms with E-state index in [1.807, 2.05) is 24.3 Å². The minimum absolute atomic E-state index is 0. The van der Waals surface area contributed by atoms with Crippen LogP contribution in [0.15, 0.2) is 29.2 Å². The molecule has 1 aromatic rings. The summed E-state index contributed by atoms with van der Waals surface area (Å²) in [5, 5.41) is 11.3. The molecular weight excluding hydrogens is 340 g/mol. The number of halogens is 1. The summed E-state index contributed by atoms with van der Waals surface area (Å²) in [5.74, 6) is -1.69. The van der Waals surface area contributed by atoms with Crippen LogP contribution in [0.2, 0.25) is 0 Å². The Balaban J connectivity index is 0.00000192. The second kappa shape index (κ2) is 7.23. The second-order valence-electron chi connectivity index (χ2n) is 5.46. The number of hydrogen-bond acceptors (Lipinski definition) is 4. The SMILES string of the molecule is Cl.O=C(O)C1CCN(C(=O)CC2Sc3ccccc3NC2=O)C1. The van der Waals surface area contributed by atoms with Crippen LogP contribution in [0.3, 0.4) is 0 Å². The molecule has 124 valence electrons. The van der Waals surface area contributed by atoms with Crippen molar-refractivity contribution in [3.05, 3.63) is 24.3 Å². The third-order valence-corrected chi connectivity index (χ3v) is 5.23. The molecule has 0 spiro atoms. The van der Waals surface area contributed by atoms with E-state index in [0.717, 1.165) is 10.6 Å². The molecule has 0 saturated carbocycles. The Bertz CT molecular complexity index is 640. The summed E-state index contributed by atoms with van der Waals surface area (Å²) in [5.41, 5.74) is 0.772. The van der Waals surface area contributed by atoms with Crippen LogP contribution in [-0.4, -0.2) is 46.1 Å². The molecule has 1 saturated heterocycles. The number of fused-ring (bicyclic) bond motifs is 1. The average molecular weight is 357 g/mol. The van der Waals surface area contributed by atoms with E-state index in [4.69, 9.17) is 5.11 Å². The van der Waals surface area contributed by atoms with E-state index in [1.165, 1.54) is 11.8 Å². The standard InChI is InChI=1S/C15H16N2O4S.ClH/c18-13(17-6-5-9(8-17)15(20)21)7-12-14(19)16-10-3-1-2-4-11(10)22-12;/h1-4,9,12H,5-8H2,(H,16,19)(H,20,21);1H. The molecule has 2 heterocycles. The number of carboxylic acid groups (broad SMARTS) is 1. The Morgan fingerprint density at radius 2 is 2.09 bits per heavy atom. The number of anilines is 1. The predicted octanol–water partition coefficient (Wildman–Crippen LogP) is 1.84. The molecular formula is C15H17ClN2O4S. The molecule has 3 rings (SSSR count). The van der Waals surface area contributed by atoms with Crippen LogP contribution >= 0.6 is 24.2 Å². The lowest BCUT2D eigenvalue weighted by Gasteiger charge is -2.25. The normalized spacial score (nSPS) is 22.8. The Kier molecular flexibility index (Phi) is 5.54. The molecule has 23 heavy (non-hydrogen) atoms. The maximum Gasteiger partial charge on any atom is 0.308 e. The van der Waals surface area contributed by atoms with Crippen LogP contribution in [-0.2, 0) is 14.4 Å². The monoisotopic (exact) mass is 356 g/mol. The number of likely N-dealkylation sites (tertiary alicyclic amines) is 1. The highest BCUT2D eigenvalue weighted by Crippen LogP contribution is 2.37. The molecule has 0 bridgehead atoms. The van der Waals surface area contributed by atoms with Gasteiger partial charge in [-0.05, 0) is 18.6 Å². The molecule has 8 heteroatoms. The Morgan fingerprint density at radius 3 is 2.78 bits per heavy atom. The van der Waals surface area contributed by atoms with E-state index < -0.39 is 17.1 Å². The quantitative estimate of drug-likeness (QED) is 0.863. The minimum atomic E-state index is -0.867. The summed E-state index contributed by atoms with van der Waals surface area (Å²) < 4.78 is 0. The van der Waals surface area contributed by atoms with Crippen molar-refractivity contribution in [3.63, 3.8) is 0 Å². The molecule has 2 atom stereocenters. The van der Waals surface area contributed by atoms with Gasteiger partial charge < -0.3 is 15.3 Å². The molecule has 2 unspecified atom stereocenters. The maximum atomic E-state index is 12.3. The van der Waals surface area contributed by atoms with Crippen LogP contribution in [0.5, 0.6) is 0 Å². The smallest absolute Gasteiger partial charge is 0.308 e. The summed E-state index contributed by atoms with van der Waals surface area (Å²) in [6.07, 6.45) is 0.574. The molecule has 1 fully saturated rings. The van der Waals surface area contributed by atoms with E-state index in [9.17, 15) is 14.4 Å². The van der Waals surface area contributed by atoms with Gasteiger partial charge in [0.15, 0.2) is 0 Å². The first-order chi connectivity index (χ1) is 10.5. The number of amides is 2. The molecule has 2 aliphatic rings. The van der Waals surface area contributed by atoms with Crippen molar-refractivity contribution in [2.75, 3.05) is 18.4 Å². The van der Waals surface area contributed by atoms with Gasteiger partial charge in [0, 0.05) is 24.4 Å². The Hall–Kier alpha value is -1.73. The third kappa shape index (κ3) is 3.79. The van der Waals surface area contributed by atoms with Gasteiger partial charge >= 0.3 is 5.97 Å². The first-order valence-electron chi connectivity index (χ1n) is 7.11. The van der Waals surface area contributed by atoms with Gasteiger partial charge in [0.25, 0.3) is 0 Å². The minimum Gasteiger partial charge on any atom is -0.481 e. The summed E-state index contributed by atoms with van der Waals surface area (Å²) in [4.78, 5) is 37.8. The molecule has 0 aromatic heterocycles. The third-order valence-electron chi connectivity index (χ3n) is 3.96. The van der Waals surface area contributed by atoms with Gasteiger partial charge in [-0.2, -0.15) is 0 Å². The van der Waals surface area contributed by atoms with E-state index in [-0.39, 0.29) is 37.2 Å². The number of thioether (sulfide) groups is 1. The lowest BCUT2D eigenvalue weighted by Crippen LogP contribution is -2.36. The number of benzene rings is 1. The van der Waals surface area contributed by atoms with E-state index >= 15 is 0 Å². The molecule has 1 aromatic carbocycles. The zero-order valence-corrected chi connectivity index (χ0v) is 13.9. The average Bonchev–Trinajstić information content (AvgIpc) is 2.98. The van der Waals surface area contributed by atoms with Crippen LogP contribution in [0.4, 0.5) is 5.69 Å². The van der Waals surface area contributed by atoms with Crippen molar-refractivity contribution in [1.29, 1.82) is 0 Å². The zero-order valence-electron chi connectivity index (χ0n) is 12.2. The first kappa shape index (κ1) is 17.6. The number of aliphatic carboxylic acids is 1. The number of carboxylic acids is 1. The van der Waals surface area contributed by atoms with Gasteiger partial charge in [0.1, 0.15) is 0 Å². The van der Waals surface area contributed by atoms with Gasteiger partial charge in [-0.15, -0.1) is 24.2 Å². The number of para-hydroxylation sites is 1. The van der Waals surface area contributed by atoms with Gasteiger partial charge in [-0.1, -0.05) is 12.1 Å². The first-order valence-corrected chi connectivity index (χ1v) is 7.99. The number of carbonyl (C=O) groups is 3. The highest BCUT2D eigenvalue weighted by Gasteiger charge is 2.34. The van der Waals surface area contributed by atoms with Crippen molar-refractivity contribution in [3.8, 4) is 0 Å². The van der Waals surface area contributed by atoms with Crippen LogP contribution in [0.25, 0.3) is 0 Å². The summed E-state index contributed by atoms with van der Waals surface area (Å²) in [7, 11) is 0. The van der Waals surface area contributed by atoms with Gasteiger partial charge in [-0.3, -0.25) is 14.4 Å². The summed E-state index contributed by atoms with van der Waals surface area (Å²) in [6.45, 7) is 0.690. The number of carbonyl (C=O) groups excluding carboxylic acids is 2. The van der Waals surface area contributed by atoms with Gasteiger partial charge in [-0.25, -0.2) is 0 Å². The zero-order chi connectivity index (χ0) is 15.7. The van der Waals surface area contributed by atoms with Crippen molar-refractivity contribution >= 4 is 47.6 Å². The summed E-state index contributed by atoms with van der Waals surface area (Å²) in [6, 6.07) is 7.48. The predicted molar refractivity (Wildman–Crippen MR) is 88.9 cm³/mol. The van der Waals surface area contributed by atoms with Crippen molar-refractivity contribution in [1.82, 2.24) is 4.90 Å². The highest BCUT2D eigenvalue weighted by atomic mass is 35.5. The van der Waals surface area contributed by atoms with Gasteiger partial charge in [0.05, 0.1) is 16.9 Å². The van der Waals surface area contributed by atoms with Crippen molar-refractivity contribution in [2.45, 2.75) is 23.0 Å². The van der Waals surface area contributed by atoms with Crippen LogP contribution in [0, 0.1) is 5.92 Å². The summed E-state index contributed by atoms with van der Waals surface area (Å²) >= 11 is 1.38. The molecule has 6 nitrogen and oxygen atoms in total. The van der Waals surface area contributed by atoms with E-state index in [2.05, 4.69) is 5.32 Å². The van der Waals surface area contributed by atoms with Crippen LogP contribution < -0.4 is 5.32 Å². The Morgan fingerprint density at radius 1 is 1.35 bits per heavy atom. The number of nitrogens with one attached hydrogen (secondary N) is 1. The molecule has 2 amide bonds. The number of rotatable bonds is 3. The van der Waals surface area contributed by atoms with Crippen LogP contribution in [0.1, 0.15) is 12.8 Å². The van der Waals surface area contributed by atoms with Crippen molar-refractivity contribution < 1.29 is 19.5 Å². The van der Waals surface area contributed by atoms with Crippen molar-refractivity contribution in [2.24, 2.45) is 5.92 Å². The van der Waals surface area contributed by atoms with E-state index in [1.54, 1.807) is 4.90 Å². The fourth-order valence-electron chi connectivity index (χ4n) is 2.70. The second-order valence-corrected chi connectivity index (χ2v) is 6.70. The fourth-order valence-corrected chi connectivity index (χ4v) is 3.80. The lowest BCUT2D eigenvalue weighted by atomic mass is 10.1. The molecule has 2 aliphatic heterocycles. The molecule has 0 radical (unpaired) electrons.